The molecule has 0 aromatic heterocycles. The molecule has 5 heteroatoms. The summed E-state index contributed by atoms with van der Waals surface area (Å²) in [5, 5.41) is 13.7. The predicted molar refractivity (Wildman–Crippen MR) is 118 cm³/mol. The molecule has 156 valence electrons. The Hall–Kier alpha value is -2.82. The van der Waals surface area contributed by atoms with Crippen LogP contribution in [0.2, 0.25) is 0 Å². The molecule has 29 heavy (non-hydrogen) atoms. The summed E-state index contributed by atoms with van der Waals surface area (Å²) in [6.45, 7) is 13.0. The van der Waals surface area contributed by atoms with Gasteiger partial charge in [0, 0.05) is 5.56 Å². The van der Waals surface area contributed by atoms with Crippen LogP contribution < -0.4 is 10.2 Å². The van der Waals surface area contributed by atoms with Crippen LogP contribution in [0.1, 0.15) is 57.7 Å². The van der Waals surface area contributed by atoms with E-state index in [0.29, 0.717) is 11.3 Å². The zero-order valence-corrected chi connectivity index (χ0v) is 18.2. The lowest BCUT2D eigenvalue weighted by Gasteiger charge is -2.33. The molecule has 1 amide bonds. The molecule has 0 saturated heterocycles. The van der Waals surface area contributed by atoms with Crippen molar-refractivity contribution in [3.63, 3.8) is 0 Å². The summed E-state index contributed by atoms with van der Waals surface area (Å²) in [4.78, 5) is 11.9. The van der Waals surface area contributed by atoms with E-state index < -0.39 is 0 Å². The average molecular weight is 397 g/mol. The van der Waals surface area contributed by atoms with E-state index in [1.807, 2.05) is 25.1 Å². The van der Waals surface area contributed by atoms with Gasteiger partial charge in [-0.25, -0.2) is 5.43 Å². The summed E-state index contributed by atoms with van der Waals surface area (Å²) in [5.41, 5.74) is 5.43. The number of phenols is 1. The van der Waals surface area contributed by atoms with Gasteiger partial charge < -0.3 is 9.84 Å². The molecule has 0 atom stereocenters. The van der Waals surface area contributed by atoms with Gasteiger partial charge in [-0.3, -0.25) is 4.79 Å². The molecule has 0 aliphatic heterocycles. The number of rotatable bonds is 7. The number of phenolic OH excluding ortho intramolecular Hbond substituents is 1. The molecule has 0 radical (unpaired) electrons. The van der Waals surface area contributed by atoms with Crippen molar-refractivity contribution in [2.45, 2.75) is 53.4 Å². The Bertz CT molecular complexity index is 863. The van der Waals surface area contributed by atoms with Crippen molar-refractivity contribution in [1.82, 2.24) is 5.43 Å². The maximum atomic E-state index is 11.9. The summed E-state index contributed by atoms with van der Waals surface area (Å²) in [5.74, 6) is 0.384. The van der Waals surface area contributed by atoms with Crippen molar-refractivity contribution < 1.29 is 14.6 Å². The van der Waals surface area contributed by atoms with Gasteiger partial charge in [0.15, 0.2) is 6.61 Å². The highest BCUT2D eigenvalue weighted by molar-refractivity contribution is 5.85. The lowest BCUT2D eigenvalue weighted by molar-refractivity contribution is -0.123. The topological polar surface area (TPSA) is 70.9 Å². The Balaban J connectivity index is 1.86. The molecular weight excluding hydrogens is 364 g/mol. The fraction of sp³-hybridized carbons (Fsp3) is 0.417. The number of benzene rings is 2. The van der Waals surface area contributed by atoms with Gasteiger partial charge in [0.25, 0.3) is 5.91 Å². The van der Waals surface area contributed by atoms with Crippen molar-refractivity contribution in [1.29, 1.82) is 0 Å². The number of aryl methyl sites for hydroxylation is 1. The average Bonchev–Trinajstić information content (AvgIpc) is 2.60. The second kappa shape index (κ2) is 9.12. The Morgan fingerprint density at radius 2 is 1.76 bits per heavy atom. The number of hydrazone groups is 1. The minimum absolute atomic E-state index is 0.0599. The maximum Gasteiger partial charge on any atom is 0.277 e. The van der Waals surface area contributed by atoms with Crippen LogP contribution in [0.15, 0.2) is 47.6 Å². The van der Waals surface area contributed by atoms with Crippen molar-refractivity contribution in [2.24, 2.45) is 10.5 Å². The summed E-state index contributed by atoms with van der Waals surface area (Å²) < 4.78 is 5.54. The summed E-state index contributed by atoms with van der Waals surface area (Å²) in [6, 6.07) is 13.1. The van der Waals surface area contributed by atoms with E-state index in [1.54, 1.807) is 12.1 Å². The van der Waals surface area contributed by atoms with E-state index in [2.05, 4.69) is 57.3 Å². The molecule has 0 saturated carbocycles. The fourth-order valence-electron chi connectivity index (χ4n) is 3.55. The van der Waals surface area contributed by atoms with Crippen molar-refractivity contribution in [3.8, 4) is 11.5 Å². The quantitative estimate of drug-likeness (QED) is 0.514. The zero-order chi connectivity index (χ0) is 21.7. The molecule has 5 nitrogen and oxygen atoms in total. The first kappa shape index (κ1) is 22.5. The van der Waals surface area contributed by atoms with Gasteiger partial charge in [-0.1, -0.05) is 52.8 Å². The number of hydrogen-bond acceptors (Lipinski definition) is 4. The molecule has 2 N–H and O–H groups in total. The van der Waals surface area contributed by atoms with Crippen LogP contribution in [0.3, 0.4) is 0 Å². The van der Waals surface area contributed by atoms with Crippen LogP contribution in [-0.4, -0.2) is 23.8 Å². The van der Waals surface area contributed by atoms with Crippen LogP contribution in [0, 0.1) is 12.3 Å². The molecule has 2 aromatic rings. The number of aromatic hydroxyl groups is 1. The van der Waals surface area contributed by atoms with Gasteiger partial charge in [-0.2, -0.15) is 5.10 Å². The Kier molecular flexibility index (Phi) is 7.07. The first-order valence-electron chi connectivity index (χ1n) is 9.81. The smallest absolute Gasteiger partial charge is 0.277 e. The number of hydrogen-bond donors (Lipinski definition) is 2. The van der Waals surface area contributed by atoms with Crippen molar-refractivity contribution in [2.75, 3.05) is 6.61 Å². The van der Waals surface area contributed by atoms with E-state index in [4.69, 9.17) is 4.74 Å². The highest BCUT2D eigenvalue weighted by Gasteiger charge is 2.27. The third kappa shape index (κ3) is 7.26. The maximum absolute atomic E-state index is 11.9. The molecule has 0 aliphatic carbocycles. The zero-order valence-electron chi connectivity index (χ0n) is 18.2. The molecule has 0 heterocycles. The highest BCUT2D eigenvalue weighted by Crippen LogP contribution is 2.36. The third-order valence-electron chi connectivity index (χ3n) is 4.56. The largest absolute Gasteiger partial charge is 0.507 e. The molecule has 0 fully saturated rings. The number of amides is 1. The van der Waals surface area contributed by atoms with Gasteiger partial charge in [0.05, 0.1) is 6.21 Å². The van der Waals surface area contributed by atoms with Crippen LogP contribution in [-0.2, 0) is 10.2 Å². The first-order chi connectivity index (χ1) is 13.5. The van der Waals surface area contributed by atoms with Crippen LogP contribution in [0.5, 0.6) is 11.5 Å². The molecule has 2 aromatic carbocycles. The Morgan fingerprint density at radius 3 is 2.34 bits per heavy atom. The monoisotopic (exact) mass is 396 g/mol. The SMILES string of the molecule is Cc1ccc(/C=N/NC(=O)COc2ccc(C(C)(C)CC(C)(C)C)cc2)c(O)c1. The number of nitrogens with one attached hydrogen (secondary N) is 1. The summed E-state index contributed by atoms with van der Waals surface area (Å²) in [6.07, 6.45) is 2.47. The van der Waals surface area contributed by atoms with E-state index >= 15 is 0 Å². The fourth-order valence-corrected chi connectivity index (χ4v) is 3.55. The summed E-state index contributed by atoms with van der Waals surface area (Å²) in [7, 11) is 0. The van der Waals surface area contributed by atoms with E-state index in [9.17, 15) is 9.90 Å². The van der Waals surface area contributed by atoms with E-state index in [1.165, 1.54) is 11.8 Å². The van der Waals surface area contributed by atoms with Crippen molar-refractivity contribution >= 4 is 12.1 Å². The van der Waals surface area contributed by atoms with Gasteiger partial charge >= 0.3 is 0 Å². The minimum Gasteiger partial charge on any atom is -0.507 e. The Labute approximate surface area is 173 Å². The number of carbonyl (C=O) groups is 1. The molecule has 0 unspecified atom stereocenters. The third-order valence-corrected chi connectivity index (χ3v) is 4.56. The van der Waals surface area contributed by atoms with Gasteiger partial charge in [-0.05, 0) is 59.6 Å². The van der Waals surface area contributed by atoms with E-state index in [0.717, 1.165) is 12.0 Å². The van der Waals surface area contributed by atoms with Gasteiger partial charge in [0.1, 0.15) is 11.5 Å². The van der Waals surface area contributed by atoms with Crippen LogP contribution in [0.4, 0.5) is 0 Å². The van der Waals surface area contributed by atoms with Gasteiger partial charge in [-0.15, -0.1) is 0 Å². The summed E-state index contributed by atoms with van der Waals surface area (Å²) >= 11 is 0. The minimum atomic E-state index is -0.370. The molecule has 0 spiro atoms. The lowest BCUT2D eigenvalue weighted by atomic mass is 9.72. The van der Waals surface area contributed by atoms with E-state index in [-0.39, 0.29) is 29.1 Å². The second-order valence-corrected chi connectivity index (χ2v) is 9.29. The van der Waals surface area contributed by atoms with Crippen LogP contribution in [0.25, 0.3) is 0 Å². The van der Waals surface area contributed by atoms with Crippen LogP contribution >= 0.6 is 0 Å². The number of nitrogens with zero attached hydrogens (tertiary/aromatic N) is 1. The molecule has 0 bridgehead atoms. The number of carbonyl (C=O) groups excluding carboxylic acids is 1. The lowest BCUT2D eigenvalue weighted by Crippen LogP contribution is -2.25. The molecule has 2 rings (SSSR count). The van der Waals surface area contributed by atoms with Gasteiger partial charge in [0.2, 0.25) is 0 Å². The normalized spacial score (nSPS) is 12.2. The van der Waals surface area contributed by atoms with Crippen molar-refractivity contribution in [3.05, 3.63) is 59.2 Å². The molecule has 0 aliphatic rings. The second-order valence-electron chi connectivity index (χ2n) is 9.29. The number of ether oxygens (including phenoxy) is 1. The Morgan fingerprint density at radius 1 is 1.10 bits per heavy atom. The molecular formula is C24H32N2O3. The predicted octanol–water partition coefficient (Wildman–Crippen LogP) is 4.94. The highest BCUT2D eigenvalue weighted by atomic mass is 16.5. The first-order valence-corrected chi connectivity index (χ1v) is 9.81. The standard InChI is InChI=1S/C24H32N2O3/c1-17-7-8-18(21(27)13-17)14-25-26-22(28)15-29-20-11-9-19(10-12-20)24(5,6)16-23(2,3)4/h7-14,27H,15-16H2,1-6H3,(H,26,28)/b25-14+.